The summed E-state index contributed by atoms with van der Waals surface area (Å²) < 4.78 is 7.64. The molecule has 1 aromatic carbocycles. The van der Waals surface area contributed by atoms with Gasteiger partial charge in [-0.2, -0.15) is 5.10 Å². The minimum Gasteiger partial charge on any atom is -0.493 e. The topological polar surface area (TPSA) is 76.4 Å². The summed E-state index contributed by atoms with van der Waals surface area (Å²) in [6.07, 6.45) is 1.55. The van der Waals surface area contributed by atoms with E-state index in [0.29, 0.717) is 25.6 Å². The first-order valence-electron chi connectivity index (χ1n) is 8.66. The van der Waals surface area contributed by atoms with Crippen LogP contribution < -0.4 is 15.4 Å². The third-order valence-electron chi connectivity index (χ3n) is 3.52. The Bertz CT molecular complexity index is 680. The largest absolute Gasteiger partial charge is 0.493 e. The molecule has 0 unspecified atom stereocenters. The average molecular weight is 344 g/mol. The fourth-order valence-electron chi connectivity index (χ4n) is 2.18. The summed E-state index contributed by atoms with van der Waals surface area (Å²) in [5.74, 6) is 2.97. The molecule has 2 aromatic rings. The van der Waals surface area contributed by atoms with Gasteiger partial charge in [0.2, 0.25) is 0 Å². The molecule has 2 N–H and O–H groups in total. The van der Waals surface area contributed by atoms with E-state index in [2.05, 4.69) is 39.6 Å². The lowest BCUT2D eigenvalue weighted by Crippen LogP contribution is -2.37. The Hall–Kier alpha value is -2.57. The number of rotatable bonds is 8. The Morgan fingerprint density at radius 2 is 2.08 bits per heavy atom. The molecule has 1 heterocycles. The summed E-state index contributed by atoms with van der Waals surface area (Å²) in [5, 5.41) is 10.6. The number of para-hydroxylation sites is 1. The molecule has 0 radical (unpaired) electrons. The van der Waals surface area contributed by atoms with E-state index in [1.54, 1.807) is 11.0 Å². The van der Waals surface area contributed by atoms with Gasteiger partial charge < -0.3 is 15.4 Å². The van der Waals surface area contributed by atoms with Crippen molar-refractivity contribution in [3.05, 3.63) is 42.0 Å². The van der Waals surface area contributed by atoms with Gasteiger partial charge in [0, 0.05) is 19.2 Å². The van der Waals surface area contributed by atoms with Crippen molar-refractivity contribution in [3.8, 4) is 5.75 Å². The third kappa shape index (κ3) is 6.10. The average Bonchev–Trinajstić information content (AvgIpc) is 3.01. The highest BCUT2D eigenvalue weighted by Gasteiger charge is 2.06. The standard InChI is InChI=1S/C18H28N6O/c1-5-19-18(21-11-17-22-13-23-24(17)4)20-10-15-8-6-7-9-16(15)25-12-14(2)3/h6-9,13-14H,5,10-12H2,1-4H3,(H2,19,20,21). The number of nitrogens with one attached hydrogen (secondary N) is 2. The highest BCUT2D eigenvalue weighted by molar-refractivity contribution is 5.79. The second-order valence-electron chi connectivity index (χ2n) is 6.16. The lowest BCUT2D eigenvalue weighted by atomic mass is 10.2. The van der Waals surface area contributed by atoms with Gasteiger partial charge in [0.1, 0.15) is 17.9 Å². The van der Waals surface area contributed by atoms with Crippen LogP contribution in [0.25, 0.3) is 0 Å². The minimum atomic E-state index is 0.488. The van der Waals surface area contributed by atoms with Crippen molar-refractivity contribution in [1.29, 1.82) is 0 Å². The highest BCUT2D eigenvalue weighted by Crippen LogP contribution is 2.19. The van der Waals surface area contributed by atoms with Crippen LogP contribution >= 0.6 is 0 Å². The first-order chi connectivity index (χ1) is 12.1. The Morgan fingerprint density at radius 1 is 1.28 bits per heavy atom. The first-order valence-corrected chi connectivity index (χ1v) is 8.66. The fraction of sp³-hybridized carbons (Fsp3) is 0.500. The van der Waals surface area contributed by atoms with Crippen molar-refractivity contribution >= 4 is 5.96 Å². The quantitative estimate of drug-likeness (QED) is 0.566. The van der Waals surface area contributed by atoms with E-state index in [0.717, 1.165) is 29.6 Å². The normalized spacial score (nSPS) is 11.6. The molecule has 0 aliphatic rings. The molecule has 2 rings (SSSR count). The van der Waals surface area contributed by atoms with Crippen LogP contribution in [0.2, 0.25) is 0 Å². The predicted octanol–water partition coefficient (Wildman–Crippen LogP) is 2.11. The maximum Gasteiger partial charge on any atom is 0.191 e. The van der Waals surface area contributed by atoms with E-state index in [1.807, 2.05) is 38.2 Å². The van der Waals surface area contributed by atoms with Crippen LogP contribution in [0, 0.1) is 5.92 Å². The van der Waals surface area contributed by atoms with Crippen molar-refractivity contribution in [1.82, 2.24) is 25.4 Å². The molecule has 0 spiro atoms. The van der Waals surface area contributed by atoms with Gasteiger partial charge in [-0.3, -0.25) is 4.68 Å². The third-order valence-corrected chi connectivity index (χ3v) is 3.52. The van der Waals surface area contributed by atoms with Gasteiger partial charge in [-0.1, -0.05) is 32.0 Å². The SMILES string of the molecule is CCNC(=NCc1ccccc1OCC(C)C)NCc1ncnn1C. The van der Waals surface area contributed by atoms with Gasteiger partial charge in [-0.05, 0) is 18.9 Å². The number of aromatic nitrogens is 3. The number of ether oxygens (including phenoxy) is 1. The second-order valence-corrected chi connectivity index (χ2v) is 6.16. The number of hydrogen-bond donors (Lipinski definition) is 2. The van der Waals surface area contributed by atoms with E-state index in [9.17, 15) is 0 Å². The Morgan fingerprint density at radius 3 is 2.76 bits per heavy atom. The summed E-state index contributed by atoms with van der Waals surface area (Å²) in [7, 11) is 1.87. The summed E-state index contributed by atoms with van der Waals surface area (Å²) in [5.41, 5.74) is 1.07. The van der Waals surface area contributed by atoms with E-state index < -0.39 is 0 Å². The van der Waals surface area contributed by atoms with Gasteiger partial charge in [0.15, 0.2) is 5.96 Å². The smallest absolute Gasteiger partial charge is 0.191 e. The summed E-state index contributed by atoms with van der Waals surface area (Å²) >= 11 is 0. The zero-order valence-electron chi connectivity index (χ0n) is 15.5. The van der Waals surface area contributed by atoms with E-state index in [4.69, 9.17) is 4.74 Å². The molecule has 0 saturated carbocycles. The van der Waals surface area contributed by atoms with Gasteiger partial charge in [0.05, 0.1) is 19.7 Å². The van der Waals surface area contributed by atoms with Crippen LogP contribution in [0.1, 0.15) is 32.2 Å². The maximum atomic E-state index is 5.89. The molecule has 0 fully saturated rings. The highest BCUT2D eigenvalue weighted by atomic mass is 16.5. The van der Waals surface area contributed by atoms with Gasteiger partial charge >= 0.3 is 0 Å². The number of benzene rings is 1. The molecular formula is C18H28N6O. The van der Waals surface area contributed by atoms with Crippen LogP contribution in [0.4, 0.5) is 0 Å². The van der Waals surface area contributed by atoms with Crippen molar-refractivity contribution in [2.24, 2.45) is 18.0 Å². The number of hydrogen-bond acceptors (Lipinski definition) is 4. The minimum absolute atomic E-state index is 0.488. The monoisotopic (exact) mass is 344 g/mol. The molecule has 0 atom stereocenters. The Balaban J connectivity index is 2.01. The zero-order chi connectivity index (χ0) is 18.1. The lowest BCUT2D eigenvalue weighted by molar-refractivity contribution is 0.268. The molecule has 136 valence electrons. The van der Waals surface area contributed by atoms with Crippen molar-refractivity contribution in [2.45, 2.75) is 33.9 Å². The first kappa shape index (κ1) is 18.8. The number of aliphatic imine (C=N–C) groups is 1. The van der Waals surface area contributed by atoms with Crippen LogP contribution in [-0.2, 0) is 20.1 Å². The molecule has 0 aliphatic heterocycles. The van der Waals surface area contributed by atoms with Gasteiger partial charge in [-0.15, -0.1) is 0 Å². The van der Waals surface area contributed by atoms with Crippen molar-refractivity contribution < 1.29 is 4.74 Å². The van der Waals surface area contributed by atoms with Crippen molar-refractivity contribution in [2.75, 3.05) is 13.2 Å². The van der Waals surface area contributed by atoms with Crippen LogP contribution in [-0.4, -0.2) is 33.9 Å². The molecule has 0 aliphatic carbocycles. The summed E-state index contributed by atoms with van der Waals surface area (Å²) in [4.78, 5) is 8.87. The molecule has 7 nitrogen and oxygen atoms in total. The summed E-state index contributed by atoms with van der Waals surface area (Å²) in [6.45, 7) is 8.91. The molecule has 0 bridgehead atoms. The van der Waals surface area contributed by atoms with Crippen LogP contribution in [0.5, 0.6) is 5.75 Å². The van der Waals surface area contributed by atoms with E-state index in [1.165, 1.54) is 0 Å². The summed E-state index contributed by atoms with van der Waals surface area (Å²) in [6, 6.07) is 8.03. The van der Waals surface area contributed by atoms with Crippen LogP contribution in [0.15, 0.2) is 35.6 Å². The molecule has 0 amide bonds. The lowest BCUT2D eigenvalue weighted by Gasteiger charge is -2.13. The Kier molecular flexibility index (Phi) is 7.25. The maximum absolute atomic E-state index is 5.89. The van der Waals surface area contributed by atoms with E-state index in [-0.39, 0.29) is 0 Å². The number of guanidine groups is 1. The molecule has 25 heavy (non-hydrogen) atoms. The predicted molar refractivity (Wildman–Crippen MR) is 99.4 cm³/mol. The fourth-order valence-corrected chi connectivity index (χ4v) is 2.18. The second kappa shape index (κ2) is 9.66. The van der Waals surface area contributed by atoms with Crippen LogP contribution in [0.3, 0.4) is 0 Å². The van der Waals surface area contributed by atoms with Gasteiger partial charge in [0.25, 0.3) is 0 Å². The van der Waals surface area contributed by atoms with E-state index >= 15 is 0 Å². The number of nitrogens with zero attached hydrogens (tertiary/aromatic N) is 4. The molecule has 7 heteroatoms. The zero-order valence-corrected chi connectivity index (χ0v) is 15.5. The Labute approximate surface area is 149 Å². The molecule has 0 saturated heterocycles. The molecule has 1 aromatic heterocycles. The van der Waals surface area contributed by atoms with Crippen molar-refractivity contribution in [3.63, 3.8) is 0 Å². The van der Waals surface area contributed by atoms with Gasteiger partial charge in [-0.25, -0.2) is 9.98 Å². The number of aryl methyl sites for hydroxylation is 1. The molecular weight excluding hydrogens is 316 g/mol.